The molecule has 4 nitrogen and oxygen atoms in total. The third-order valence-electron chi connectivity index (χ3n) is 4.36. The summed E-state index contributed by atoms with van der Waals surface area (Å²) in [6.45, 7) is 4.05. The van der Waals surface area contributed by atoms with Crippen molar-refractivity contribution in [2.24, 2.45) is 5.92 Å². The van der Waals surface area contributed by atoms with E-state index in [-0.39, 0.29) is 18.2 Å². The zero-order valence-electron chi connectivity index (χ0n) is 10.5. The molecule has 3 aliphatic rings. The molecule has 2 amide bonds. The van der Waals surface area contributed by atoms with Crippen molar-refractivity contribution in [1.82, 2.24) is 10.2 Å². The molecule has 96 valence electrons. The second kappa shape index (κ2) is 4.48. The Bertz CT molecular complexity index is 308. The highest BCUT2D eigenvalue weighted by Gasteiger charge is 2.41. The lowest BCUT2D eigenvalue weighted by Crippen LogP contribution is -2.50. The van der Waals surface area contributed by atoms with Gasteiger partial charge >= 0.3 is 6.03 Å². The maximum Gasteiger partial charge on any atom is 0.317 e. The van der Waals surface area contributed by atoms with E-state index in [0.717, 1.165) is 32.4 Å². The molecule has 4 heteroatoms. The van der Waals surface area contributed by atoms with Crippen molar-refractivity contribution in [2.75, 3.05) is 13.1 Å². The fraction of sp³-hybridized carbons (Fsp3) is 0.923. The van der Waals surface area contributed by atoms with Gasteiger partial charge < -0.3 is 15.0 Å². The van der Waals surface area contributed by atoms with E-state index in [1.165, 1.54) is 12.8 Å². The van der Waals surface area contributed by atoms with Gasteiger partial charge in [0.05, 0.1) is 18.2 Å². The first-order valence-electron chi connectivity index (χ1n) is 6.93. The van der Waals surface area contributed by atoms with E-state index in [1.54, 1.807) is 0 Å². The zero-order valence-corrected chi connectivity index (χ0v) is 10.5. The standard InChI is InChI=1S/C13H22N2O2/c1-9-3-2-6-15(8-9)13(16)14-11-7-10-4-5-12(11)17-10/h9-12H,2-8H2,1H3,(H,14,16). The highest BCUT2D eigenvalue weighted by atomic mass is 16.5. The third-order valence-corrected chi connectivity index (χ3v) is 4.36. The molecule has 0 aromatic rings. The van der Waals surface area contributed by atoms with Crippen molar-refractivity contribution in [3.05, 3.63) is 0 Å². The molecule has 0 aromatic carbocycles. The minimum Gasteiger partial charge on any atom is -0.373 e. The van der Waals surface area contributed by atoms with Crippen molar-refractivity contribution in [3.63, 3.8) is 0 Å². The van der Waals surface area contributed by atoms with Crippen LogP contribution in [-0.4, -0.2) is 42.3 Å². The lowest BCUT2D eigenvalue weighted by Gasteiger charge is -2.32. The summed E-state index contributed by atoms with van der Waals surface area (Å²) < 4.78 is 5.76. The highest BCUT2D eigenvalue weighted by Crippen LogP contribution is 2.34. The van der Waals surface area contributed by atoms with Crippen LogP contribution < -0.4 is 5.32 Å². The Morgan fingerprint density at radius 3 is 2.88 bits per heavy atom. The molecule has 3 aliphatic heterocycles. The van der Waals surface area contributed by atoms with Crippen LogP contribution in [0.2, 0.25) is 0 Å². The fourth-order valence-electron chi connectivity index (χ4n) is 3.41. The molecule has 0 saturated carbocycles. The SMILES string of the molecule is CC1CCCN(C(=O)NC2CC3CCC2O3)C1. The van der Waals surface area contributed by atoms with Gasteiger partial charge in [0.15, 0.2) is 0 Å². The number of nitrogens with one attached hydrogen (secondary N) is 1. The largest absolute Gasteiger partial charge is 0.373 e. The van der Waals surface area contributed by atoms with Crippen LogP contribution in [0.1, 0.15) is 39.0 Å². The number of ether oxygens (including phenoxy) is 1. The summed E-state index contributed by atoms with van der Waals surface area (Å²) >= 11 is 0. The molecule has 3 rings (SSSR count). The van der Waals surface area contributed by atoms with Crippen LogP contribution in [0.5, 0.6) is 0 Å². The quantitative estimate of drug-likeness (QED) is 0.756. The number of likely N-dealkylation sites (tertiary alicyclic amines) is 1. The molecule has 0 radical (unpaired) electrons. The summed E-state index contributed by atoms with van der Waals surface area (Å²) in [6.07, 6.45) is 6.39. The van der Waals surface area contributed by atoms with Crippen LogP contribution in [0.15, 0.2) is 0 Å². The van der Waals surface area contributed by atoms with E-state index >= 15 is 0 Å². The van der Waals surface area contributed by atoms with Crippen molar-refractivity contribution in [3.8, 4) is 0 Å². The van der Waals surface area contributed by atoms with Gasteiger partial charge in [0, 0.05) is 13.1 Å². The molecule has 4 unspecified atom stereocenters. The van der Waals surface area contributed by atoms with E-state index in [4.69, 9.17) is 4.74 Å². The minimum atomic E-state index is 0.123. The summed E-state index contributed by atoms with van der Waals surface area (Å²) in [5, 5.41) is 3.16. The molecule has 0 spiro atoms. The predicted molar refractivity (Wildman–Crippen MR) is 64.8 cm³/mol. The molecule has 3 fully saturated rings. The molecule has 0 aliphatic carbocycles. The van der Waals surface area contributed by atoms with Crippen LogP contribution in [0.4, 0.5) is 4.79 Å². The molecule has 3 saturated heterocycles. The van der Waals surface area contributed by atoms with Crippen LogP contribution in [-0.2, 0) is 4.74 Å². The van der Waals surface area contributed by atoms with Gasteiger partial charge in [0.1, 0.15) is 0 Å². The Hall–Kier alpha value is -0.770. The van der Waals surface area contributed by atoms with Crippen LogP contribution >= 0.6 is 0 Å². The van der Waals surface area contributed by atoms with Gasteiger partial charge in [-0.15, -0.1) is 0 Å². The number of urea groups is 1. The van der Waals surface area contributed by atoms with E-state index < -0.39 is 0 Å². The van der Waals surface area contributed by atoms with Gasteiger partial charge in [-0.3, -0.25) is 0 Å². The molecule has 1 N–H and O–H groups in total. The van der Waals surface area contributed by atoms with Gasteiger partial charge in [-0.05, 0) is 38.0 Å². The van der Waals surface area contributed by atoms with Gasteiger partial charge in [-0.25, -0.2) is 4.79 Å². The average molecular weight is 238 g/mol. The second-order valence-electron chi connectivity index (χ2n) is 5.86. The van der Waals surface area contributed by atoms with E-state index in [1.807, 2.05) is 4.90 Å². The first-order valence-corrected chi connectivity index (χ1v) is 6.93. The number of hydrogen-bond acceptors (Lipinski definition) is 2. The van der Waals surface area contributed by atoms with Crippen molar-refractivity contribution in [2.45, 2.75) is 57.3 Å². The minimum absolute atomic E-state index is 0.123. The molecule has 0 aromatic heterocycles. The Morgan fingerprint density at radius 1 is 1.35 bits per heavy atom. The average Bonchev–Trinajstić information content (AvgIpc) is 2.91. The van der Waals surface area contributed by atoms with Crippen molar-refractivity contribution >= 4 is 6.03 Å². The fourth-order valence-corrected chi connectivity index (χ4v) is 3.41. The van der Waals surface area contributed by atoms with Gasteiger partial charge in [0.2, 0.25) is 0 Å². The van der Waals surface area contributed by atoms with Gasteiger partial charge in [-0.1, -0.05) is 6.92 Å². The van der Waals surface area contributed by atoms with E-state index in [2.05, 4.69) is 12.2 Å². The molecule has 4 atom stereocenters. The third kappa shape index (κ3) is 2.28. The predicted octanol–water partition coefficient (Wildman–Crippen LogP) is 1.75. The van der Waals surface area contributed by atoms with Crippen LogP contribution in [0.3, 0.4) is 0 Å². The Morgan fingerprint density at radius 2 is 2.24 bits per heavy atom. The van der Waals surface area contributed by atoms with Crippen molar-refractivity contribution < 1.29 is 9.53 Å². The molecule has 17 heavy (non-hydrogen) atoms. The van der Waals surface area contributed by atoms with Crippen LogP contribution in [0, 0.1) is 5.92 Å². The van der Waals surface area contributed by atoms with Crippen molar-refractivity contribution in [1.29, 1.82) is 0 Å². The van der Waals surface area contributed by atoms with E-state index in [9.17, 15) is 4.79 Å². The molecule has 2 bridgehead atoms. The molecule has 3 heterocycles. The maximum atomic E-state index is 12.1. The smallest absolute Gasteiger partial charge is 0.317 e. The van der Waals surface area contributed by atoms with Crippen LogP contribution in [0.25, 0.3) is 0 Å². The number of amides is 2. The number of nitrogens with zero attached hydrogens (tertiary/aromatic N) is 1. The number of piperidine rings is 1. The summed E-state index contributed by atoms with van der Waals surface area (Å²) in [4.78, 5) is 14.1. The Kier molecular flexibility index (Phi) is 2.99. The second-order valence-corrected chi connectivity index (χ2v) is 5.86. The first kappa shape index (κ1) is 11.3. The molecular weight excluding hydrogens is 216 g/mol. The monoisotopic (exact) mass is 238 g/mol. The van der Waals surface area contributed by atoms with Gasteiger partial charge in [0.25, 0.3) is 0 Å². The number of carbonyl (C=O) groups is 1. The lowest BCUT2D eigenvalue weighted by molar-refractivity contribution is 0.0962. The maximum absolute atomic E-state index is 12.1. The normalized spacial score (nSPS) is 40.6. The van der Waals surface area contributed by atoms with Gasteiger partial charge in [-0.2, -0.15) is 0 Å². The Labute approximate surface area is 103 Å². The number of fused-ring (bicyclic) bond motifs is 2. The van der Waals surface area contributed by atoms with E-state index in [0.29, 0.717) is 12.0 Å². The summed E-state index contributed by atoms with van der Waals surface area (Å²) in [5.41, 5.74) is 0. The summed E-state index contributed by atoms with van der Waals surface area (Å²) in [5.74, 6) is 0.644. The number of rotatable bonds is 1. The first-order chi connectivity index (χ1) is 8.22. The zero-order chi connectivity index (χ0) is 11.8. The summed E-state index contributed by atoms with van der Waals surface area (Å²) in [6, 6.07) is 0.385. The summed E-state index contributed by atoms with van der Waals surface area (Å²) in [7, 11) is 0. The lowest BCUT2D eigenvalue weighted by atomic mass is 9.95. The molecular formula is C13H22N2O2. The highest BCUT2D eigenvalue weighted by molar-refractivity contribution is 5.74. The number of carbonyl (C=O) groups excluding carboxylic acids is 1. The number of hydrogen-bond donors (Lipinski definition) is 1. The topological polar surface area (TPSA) is 41.6 Å². The Balaban J connectivity index is 1.53.